The van der Waals surface area contributed by atoms with Crippen LogP contribution in [0.1, 0.15) is 18.2 Å². The Labute approximate surface area is 177 Å². The van der Waals surface area contributed by atoms with Crippen LogP contribution in [0.3, 0.4) is 0 Å². The third kappa shape index (κ3) is 3.52. The first-order valence-electron chi connectivity index (χ1n) is 9.48. The summed E-state index contributed by atoms with van der Waals surface area (Å²) < 4.78 is 6.37. The van der Waals surface area contributed by atoms with E-state index >= 15 is 0 Å². The minimum absolute atomic E-state index is 0.0390. The van der Waals surface area contributed by atoms with E-state index < -0.39 is 36.8 Å². The molecular weight excluding hydrogens is 418 g/mol. The Morgan fingerprint density at radius 2 is 2.21 bits per heavy atom. The van der Waals surface area contributed by atoms with Crippen LogP contribution < -0.4 is 5.73 Å². The lowest BCUT2D eigenvalue weighted by molar-refractivity contribution is -0.0688. The van der Waals surface area contributed by atoms with Gasteiger partial charge in [0.15, 0.2) is 17.7 Å². The minimum Gasteiger partial charge on any atom is -0.394 e. The summed E-state index contributed by atoms with van der Waals surface area (Å²) in [6.07, 6.45) is -1.27. The lowest BCUT2D eigenvalue weighted by Crippen LogP contribution is -2.59. The molecule has 3 aliphatic rings. The van der Waals surface area contributed by atoms with E-state index in [1.54, 1.807) is 4.90 Å². The molecule has 4 heterocycles. The number of nitrogens with two attached hydrogens (primary N) is 1. The number of aliphatic imine (C=N–C) groups is 3. The van der Waals surface area contributed by atoms with E-state index in [9.17, 15) is 15.3 Å². The van der Waals surface area contributed by atoms with Crippen molar-refractivity contribution in [3.8, 4) is 0 Å². The van der Waals surface area contributed by atoms with Crippen LogP contribution in [-0.2, 0) is 11.2 Å². The van der Waals surface area contributed by atoms with Crippen molar-refractivity contribution >= 4 is 40.8 Å². The highest BCUT2D eigenvalue weighted by molar-refractivity contribution is 7.16. The standard InChI is InChI=1S/C18H24ClN5O4S/c1-2-9(5-10-3-4-12(19)29-10)18(20)15-16(21-7-23-18)24(8-22-15)17-14(27)13(26)11(6-25)28-17/h3-4,7,9,11,13-14,17,25-27H,2,5-6,8,20H2,1H3/t9?,11-,13-,14-,17-,18?/m1/s1. The van der Waals surface area contributed by atoms with Crippen molar-refractivity contribution in [1.29, 1.82) is 0 Å². The van der Waals surface area contributed by atoms with E-state index in [0.717, 1.165) is 15.6 Å². The summed E-state index contributed by atoms with van der Waals surface area (Å²) in [5.41, 5.74) is 6.23. The zero-order valence-corrected chi connectivity index (χ0v) is 17.4. The maximum absolute atomic E-state index is 10.4. The van der Waals surface area contributed by atoms with Gasteiger partial charge in [0.25, 0.3) is 0 Å². The van der Waals surface area contributed by atoms with Gasteiger partial charge in [-0.2, -0.15) is 0 Å². The van der Waals surface area contributed by atoms with Gasteiger partial charge in [0.05, 0.1) is 10.9 Å². The first kappa shape index (κ1) is 20.9. The Bertz CT molecular complexity index is 861. The van der Waals surface area contributed by atoms with Crippen LogP contribution in [-0.4, -0.2) is 81.6 Å². The van der Waals surface area contributed by atoms with E-state index in [0.29, 0.717) is 18.0 Å². The lowest BCUT2D eigenvalue weighted by Gasteiger charge is -2.36. The van der Waals surface area contributed by atoms with Gasteiger partial charge in [-0.1, -0.05) is 18.5 Å². The van der Waals surface area contributed by atoms with Crippen molar-refractivity contribution < 1.29 is 20.1 Å². The number of thiophene rings is 1. The van der Waals surface area contributed by atoms with E-state index in [4.69, 9.17) is 22.1 Å². The van der Waals surface area contributed by atoms with Crippen LogP contribution in [0.4, 0.5) is 0 Å². The van der Waals surface area contributed by atoms with Gasteiger partial charge in [-0.15, -0.1) is 11.3 Å². The van der Waals surface area contributed by atoms with Crippen LogP contribution in [0.2, 0.25) is 4.34 Å². The second-order valence-electron chi connectivity index (χ2n) is 7.38. The molecule has 29 heavy (non-hydrogen) atoms. The van der Waals surface area contributed by atoms with Crippen LogP contribution in [0, 0.1) is 5.92 Å². The van der Waals surface area contributed by atoms with E-state index in [1.165, 1.54) is 17.7 Å². The molecule has 4 rings (SSSR count). The second-order valence-corrected chi connectivity index (χ2v) is 9.18. The Balaban J connectivity index is 1.57. The molecule has 11 heteroatoms. The molecule has 3 aliphatic heterocycles. The summed E-state index contributed by atoms with van der Waals surface area (Å²) in [6.45, 7) is 1.82. The molecule has 0 aliphatic carbocycles. The fourth-order valence-electron chi connectivity index (χ4n) is 4.05. The van der Waals surface area contributed by atoms with Crippen molar-refractivity contribution in [1.82, 2.24) is 4.90 Å². The number of nitrogens with zero attached hydrogens (tertiary/aromatic N) is 4. The fourth-order valence-corrected chi connectivity index (χ4v) is 5.22. The molecule has 0 spiro atoms. The second kappa shape index (κ2) is 8.03. The molecule has 0 bridgehead atoms. The average Bonchev–Trinajstić information content (AvgIpc) is 3.39. The molecule has 0 amide bonds. The molecule has 0 radical (unpaired) electrons. The molecule has 2 unspecified atom stereocenters. The Morgan fingerprint density at radius 3 is 2.83 bits per heavy atom. The number of ether oxygens (including phenoxy) is 1. The highest BCUT2D eigenvalue weighted by Crippen LogP contribution is 2.35. The SMILES string of the molecule is CCC(Cc1ccc(Cl)s1)C1(N)N=CN=C2C1=NCN2[C@@H]1O[C@H](CO)[C@@H](O)[C@H]1O. The number of rotatable bonds is 6. The summed E-state index contributed by atoms with van der Waals surface area (Å²) in [7, 11) is 0. The summed E-state index contributed by atoms with van der Waals surface area (Å²) in [4.78, 5) is 16.2. The predicted molar refractivity (Wildman–Crippen MR) is 112 cm³/mol. The number of hydrogen-bond donors (Lipinski definition) is 4. The van der Waals surface area contributed by atoms with Gasteiger partial charge in [0, 0.05) is 10.8 Å². The molecule has 0 saturated carbocycles. The smallest absolute Gasteiger partial charge is 0.162 e. The van der Waals surface area contributed by atoms with Gasteiger partial charge in [0.2, 0.25) is 0 Å². The molecule has 5 N–H and O–H groups in total. The number of aliphatic hydroxyl groups is 3. The van der Waals surface area contributed by atoms with Crippen molar-refractivity contribution in [3.05, 3.63) is 21.3 Å². The van der Waals surface area contributed by atoms with Crippen molar-refractivity contribution in [2.24, 2.45) is 26.6 Å². The van der Waals surface area contributed by atoms with Crippen molar-refractivity contribution in [3.63, 3.8) is 0 Å². The van der Waals surface area contributed by atoms with Crippen LogP contribution >= 0.6 is 22.9 Å². The van der Waals surface area contributed by atoms with Crippen molar-refractivity contribution in [2.45, 2.75) is 50.0 Å². The number of halogens is 1. The van der Waals surface area contributed by atoms with Gasteiger partial charge in [-0.05, 0) is 25.0 Å². The Hall–Kier alpha value is -1.40. The average molecular weight is 442 g/mol. The quantitative estimate of drug-likeness (QED) is 0.498. The summed E-state index contributed by atoms with van der Waals surface area (Å²) >= 11 is 7.59. The lowest BCUT2D eigenvalue weighted by atomic mass is 9.83. The fraction of sp³-hybridized carbons (Fsp3) is 0.611. The van der Waals surface area contributed by atoms with Crippen LogP contribution in [0.15, 0.2) is 27.1 Å². The van der Waals surface area contributed by atoms with Gasteiger partial charge in [0.1, 0.15) is 37.0 Å². The monoisotopic (exact) mass is 441 g/mol. The van der Waals surface area contributed by atoms with Gasteiger partial charge in [-0.3, -0.25) is 4.99 Å². The highest BCUT2D eigenvalue weighted by Gasteiger charge is 2.52. The van der Waals surface area contributed by atoms with E-state index in [-0.39, 0.29) is 12.6 Å². The zero-order chi connectivity index (χ0) is 20.8. The third-order valence-electron chi connectivity index (χ3n) is 5.71. The summed E-state index contributed by atoms with van der Waals surface area (Å²) in [6, 6.07) is 3.85. The molecule has 9 nitrogen and oxygen atoms in total. The van der Waals surface area contributed by atoms with Crippen LogP contribution in [0.25, 0.3) is 0 Å². The third-order valence-corrected chi connectivity index (χ3v) is 6.97. The number of amidine groups is 1. The molecule has 1 saturated heterocycles. The summed E-state index contributed by atoms with van der Waals surface area (Å²) in [5, 5.41) is 29.8. The molecule has 1 fully saturated rings. The maximum Gasteiger partial charge on any atom is 0.162 e. The number of hydrogen-bond acceptors (Lipinski definition) is 10. The molecular formula is C18H24ClN5O4S. The summed E-state index contributed by atoms with van der Waals surface area (Å²) in [5.74, 6) is 0.433. The number of aliphatic hydroxyl groups excluding tert-OH is 3. The molecule has 6 atom stereocenters. The first-order valence-corrected chi connectivity index (χ1v) is 10.7. The molecule has 0 aromatic carbocycles. The maximum atomic E-state index is 10.4. The first-order chi connectivity index (χ1) is 13.9. The largest absolute Gasteiger partial charge is 0.394 e. The molecule has 158 valence electrons. The van der Waals surface area contributed by atoms with Gasteiger partial charge in [-0.25, -0.2) is 9.98 Å². The number of fused-ring (bicyclic) bond motifs is 1. The van der Waals surface area contributed by atoms with E-state index in [2.05, 4.69) is 21.9 Å². The van der Waals surface area contributed by atoms with Gasteiger partial charge < -0.3 is 30.7 Å². The van der Waals surface area contributed by atoms with Gasteiger partial charge >= 0.3 is 0 Å². The van der Waals surface area contributed by atoms with Crippen molar-refractivity contribution in [2.75, 3.05) is 13.3 Å². The normalized spacial score (nSPS) is 34.9. The highest BCUT2D eigenvalue weighted by atomic mass is 35.5. The topological polar surface area (TPSA) is 136 Å². The van der Waals surface area contributed by atoms with E-state index in [1.807, 2.05) is 12.1 Å². The van der Waals surface area contributed by atoms with Crippen LogP contribution in [0.5, 0.6) is 0 Å². The zero-order valence-electron chi connectivity index (χ0n) is 15.8. The predicted octanol–water partition coefficient (Wildman–Crippen LogP) is 0.219. The Morgan fingerprint density at radius 1 is 1.41 bits per heavy atom. The molecule has 1 aromatic rings. The Kier molecular flexibility index (Phi) is 5.77. The minimum atomic E-state index is -1.20. The molecule has 1 aromatic heterocycles.